The summed E-state index contributed by atoms with van der Waals surface area (Å²) >= 11 is 0. The molecule has 16 heavy (non-hydrogen) atoms. The van der Waals surface area contributed by atoms with Gasteiger partial charge in [-0.3, -0.25) is 0 Å². The molecule has 1 rings (SSSR count). The van der Waals surface area contributed by atoms with Crippen LogP contribution < -0.4 is 10.1 Å². The third-order valence-corrected chi connectivity index (χ3v) is 2.27. The molecule has 0 fully saturated rings. The van der Waals surface area contributed by atoms with Gasteiger partial charge in [0, 0.05) is 18.2 Å². The Balaban J connectivity index is 2.53. The van der Waals surface area contributed by atoms with Crippen LogP contribution in [0.25, 0.3) is 0 Å². The van der Waals surface area contributed by atoms with E-state index in [0.29, 0.717) is 18.9 Å². The summed E-state index contributed by atoms with van der Waals surface area (Å²) in [6.45, 7) is 6.53. The van der Waals surface area contributed by atoms with Crippen molar-refractivity contribution < 1.29 is 9.84 Å². The van der Waals surface area contributed by atoms with E-state index in [4.69, 9.17) is 4.74 Å². The SMILES string of the molecule is CCCNCc1ccc(OCCC)cc1O. The number of hydrogen-bond acceptors (Lipinski definition) is 3. The summed E-state index contributed by atoms with van der Waals surface area (Å²) in [5.74, 6) is 1.04. The van der Waals surface area contributed by atoms with Crippen LogP contribution in [0.4, 0.5) is 0 Å². The molecular formula is C13H21NO2. The number of aromatic hydroxyl groups is 1. The van der Waals surface area contributed by atoms with Crippen molar-refractivity contribution in [2.24, 2.45) is 0 Å². The normalized spacial score (nSPS) is 10.4. The second-order valence-electron chi connectivity index (χ2n) is 3.82. The first-order chi connectivity index (χ1) is 7.77. The Kier molecular flexibility index (Phi) is 5.72. The molecule has 3 nitrogen and oxygen atoms in total. The molecule has 3 heteroatoms. The molecule has 1 aromatic rings. The predicted octanol–water partition coefficient (Wildman–Crippen LogP) is 2.68. The fourth-order valence-electron chi connectivity index (χ4n) is 1.40. The highest BCUT2D eigenvalue weighted by atomic mass is 16.5. The van der Waals surface area contributed by atoms with Crippen molar-refractivity contribution in [2.45, 2.75) is 33.2 Å². The molecule has 0 aliphatic rings. The summed E-state index contributed by atoms with van der Waals surface area (Å²) in [5, 5.41) is 13.0. The number of rotatable bonds is 7. The van der Waals surface area contributed by atoms with E-state index in [9.17, 15) is 5.11 Å². The van der Waals surface area contributed by atoms with Gasteiger partial charge in [0.25, 0.3) is 0 Å². The lowest BCUT2D eigenvalue weighted by molar-refractivity contribution is 0.315. The maximum absolute atomic E-state index is 9.77. The summed E-state index contributed by atoms with van der Waals surface area (Å²) in [7, 11) is 0. The monoisotopic (exact) mass is 223 g/mol. The van der Waals surface area contributed by atoms with Gasteiger partial charge in [0.05, 0.1) is 6.61 Å². The lowest BCUT2D eigenvalue weighted by Gasteiger charge is -2.09. The highest BCUT2D eigenvalue weighted by Crippen LogP contribution is 2.23. The van der Waals surface area contributed by atoms with E-state index in [1.165, 1.54) is 0 Å². The van der Waals surface area contributed by atoms with Gasteiger partial charge in [-0.2, -0.15) is 0 Å². The van der Waals surface area contributed by atoms with Crippen molar-refractivity contribution in [1.82, 2.24) is 5.32 Å². The first kappa shape index (κ1) is 12.8. The summed E-state index contributed by atoms with van der Waals surface area (Å²) in [4.78, 5) is 0. The number of benzene rings is 1. The average Bonchev–Trinajstić information content (AvgIpc) is 2.29. The van der Waals surface area contributed by atoms with E-state index in [1.54, 1.807) is 6.07 Å². The van der Waals surface area contributed by atoms with Crippen LogP contribution in [0.3, 0.4) is 0 Å². The van der Waals surface area contributed by atoms with E-state index >= 15 is 0 Å². The van der Waals surface area contributed by atoms with Crippen molar-refractivity contribution >= 4 is 0 Å². The molecule has 0 radical (unpaired) electrons. The topological polar surface area (TPSA) is 41.5 Å². The van der Waals surface area contributed by atoms with Crippen LogP contribution in [-0.4, -0.2) is 18.3 Å². The van der Waals surface area contributed by atoms with Gasteiger partial charge < -0.3 is 15.2 Å². The Labute approximate surface area is 97.4 Å². The molecule has 0 unspecified atom stereocenters. The highest BCUT2D eigenvalue weighted by Gasteiger charge is 2.02. The van der Waals surface area contributed by atoms with E-state index in [-0.39, 0.29) is 0 Å². The molecule has 90 valence electrons. The molecule has 0 aliphatic heterocycles. The van der Waals surface area contributed by atoms with Crippen molar-refractivity contribution in [3.05, 3.63) is 23.8 Å². The van der Waals surface area contributed by atoms with Crippen LogP contribution in [-0.2, 0) is 6.54 Å². The maximum atomic E-state index is 9.77. The highest BCUT2D eigenvalue weighted by molar-refractivity contribution is 5.39. The van der Waals surface area contributed by atoms with Crippen molar-refractivity contribution in [3.8, 4) is 11.5 Å². The standard InChI is InChI=1S/C13H21NO2/c1-3-7-14-10-11-5-6-12(9-13(11)15)16-8-4-2/h5-6,9,14-15H,3-4,7-8,10H2,1-2H3. The Morgan fingerprint density at radius 2 is 2.06 bits per heavy atom. The van der Waals surface area contributed by atoms with Crippen molar-refractivity contribution in [2.75, 3.05) is 13.2 Å². The van der Waals surface area contributed by atoms with Gasteiger partial charge in [0.1, 0.15) is 11.5 Å². The zero-order chi connectivity index (χ0) is 11.8. The Hall–Kier alpha value is -1.22. The van der Waals surface area contributed by atoms with Gasteiger partial charge in [-0.15, -0.1) is 0 Å². The van der Waals surface area contributed by atoms with Gasteiger partial charge in [-0.1, -0.05) is 19.9 Å². The number of ether oxygens (including phenoxy) is 1. The molecule has 2 N–H and O–H groups in total. The number of nitrogens with one attached hydrogen (secondary N) is 1. The van der Waals surface area contributed by atoms with Crippen molar-refractivity contribution in [1.29, 1.82) is 0 Å². The van der Waals surface area contributed by atoms with Crippen LogP contribution in [0, 0.1) is 0 Å². The van der Waals surface area contributed by atoms with Crippen LogP contribution in [0.1, 0.15) is 32.3 Å². The van der Waals surface area contributed by atoms with Crippen molar-refractivity contribution in [3.63, 3.8) is 0 Å². The van der Waals surface area contributed by atoms with Crippen LogP contribution in [0.2, 0.25) is 0 Å². The molecule has 0 bridgehead atoms. The molecule has 0 heterocycles. The third kappa shape index (κ3) is 4.11. The van der Waals surface area contributed by atoms with Gasteiger partial charge in [-0.05, 0) is 25.5 Å². The van der Waals surface area contributed by atoms with Gasteiger partial charge in [-0.25, -0.2) is 0 Å². The fourth-order valence-corrected chi connectivity index (χ4v) is 1.40. The first-order valence-electron chi connectivity index (χ1n) is 5.93. The van der Waals surface area contributed by atoms with Crippen LogP contribution >= 0.6 is 0 Å². The zero-order valence-electron chi connectivity index (χ0n) is 10.1. The zero-order valence-corrected chi connectivity index (χ0v) is 10.1. The summed E-state index contributed by atoms with van der Waals surface area (Å²) in [6, 6.07) is 5.49. The Bertz CT molecular complexity index is 313. The number of phenolic OH excluding ortho intramolecular Hbond substituents is 1. The molecule has 0 spiro atoms. The third-order valence-electron chi connectivity index (χ3n) is 2.27. The molecule has 0 aliphatic carbocycles. The average molecular weight is 223 g/mol. The largest absolute Gasteiger partial charge is 0.507 e. The molecule has 0 aromatic heterocycles. The second-order valence-corrected chi connectivity index (χ2v) is 3.82. The minimum absolute atomic E-state index is 0.303. The number of hydrogen-bond donors (Lipinski definition) is 2. The second kappa shape index (κ2) is 7.12. The summed E-state index contributed by atoms with van der Waals surface area (Å²) in [6.07, 6.45) is 2.07. The van der Waals surface area contributed by atoms with E-state index in [0.717, 1.165) is 30.7 Å². The van der Waals surface area contributed by atoms with Crippen LogP contribution in [0.5, 0.6) is 11.5 Å². The molecule has 0 saturated carbocycles. The van der Waals surface area contributed by atoms with E-state index < -0.39 is 0 Å². The van der Waals surface area contributed by atoms with Gasteiger partial charge in [0.15, 0.2) is 0 Å². The predicted molar refractivity (Wildman–Crippen MR) is 65.9 cm³/mol. The Morgan fingerprint density at radius 1 is 1.25 bits per heavy atom. The van der Waals surface area contributed by atoms with E-state index in [1.807, 2.05) is 12.1 Å². The molecule has 1 aromatic carbocycles. The molecular weight excluding hydrogens is 202 g/mol. The lowest BCUT2D eigenvalue weighted by Crippen LogP contribution is -2.13. The smallest absolute Gasteiger partial charge is 0.123 e. The van der Waals surface area contributed by atoms with Gasteiger partial charge in [0.2, 0.25) is 0 Å². The maximum Gasteiger partial charge on any atom is 0.123 e. The quantitative estimate of drug-likeness (QED) is 0.698. The van der Waals surface area contributed by atoms with E-state index in [2.05, 4.69) is 19.2 Å². The minimum atomic E-state index is 0.303. The summed E-state index contributed by atoms with van der Waals surface area (Å²) < 4.78 is 5.44. The number of phenols is 1. The fraction of sp³-hybridized carbons (Fsp3) is 0.538. The lowest BCUT2D eigenvalue weighted by atomic mass is 10.2. The first-order valence-corrected chi connectivity index (χ1v) is 5.93. The molecule has 0 atom stereocenters. The van der Waals surface area contributed by atoms with Crippen LogP contribution in [0.15, 0.2) is 18.2 Å². The molecule has 0 amide bonds. The summed E-state index contributed by atoms with van der Waals surface area (Å²) in [5.41, 5.74) is 0.914. The molecule has 0 saturated heterocycles. The minimum Gasteiger partial charge on any atom is -0.507 e. The Morgan fingerprint density at radius 3 is 2.69 bits per heavy atom. The van der Waals surface area contributed by atoms with Gasteiger partial charge >= 0.3 is 0 Å².